The van der Waals surface area contributed by atoms with E-state index in [9.17, 15) is 0 Å². The third-order valence-corrected chi connectivity index (χ3v) is 0. The quantitative estimate of drug-likeness (QED) is 0.146. The van der Waals surface area contributed by atoms with Gasteiger partial charge >= 0.3 is 28.6 Å². The van der Waals surface area contributed by atoms with Crippen LogP contribution in [-0.2, 0) is 15.0 Å². The van der Waals surface area contributed by atoms with Crippen molar-refractivity contribution in [1.29, 1.82) is 0 Å². The summed E-state index contributed by atoms with van der Waals surface area (Å²) < 4.78 is 49.9. The molecular formula is H4AlO9PS. The van der Waals surface area contributed by atoms with E-state index in [2.05, 4.69) is 0 Å². The summed E-state index contributed by atoms with van der Waals surface area (Å²) in [4.78, 5) is 21.6. The van der Waals surface area contributed by atoms with Crippen molar-refractivity contribution in [3.63, 3.8) is 0 Å². The second-order valence-electron chi connectivity index (χ2n) is 0.922. The molecule has 0 rings (SSSR count). The average Bonchev–Trinajstić information content (AvgIpc) is 1.59. The van der Waals surface area contributed by atoms with Crippen LogP contribution in [0, 0.1) is 0 Å². The predicted molar refractivity (Wildman–Crippen MR) is 32.7 cm³/mol. The Morgan fingerprint density at radius 2 is 1.08 bits per heavy atom. The van der Waals surface area contributed by atoms with Crippen molar-refractivity contribution in [3.05, 3.63) is 0 Å². The number of hydrogen-bond acceptors (Lipinski definition) is 6. The van der Waals surface area contributed by atoms with Crippen LogP contribution >= 0.6 is 7.82 Å². The van der Waals surface area contributed by atoms with Crippen LogP contribution in [-0.4, -0.2) is 53.0 Å². The van der Waals surface area contributed by atoms with Crippen molar-refractivity contribution in [2.45, 2.75) is 0 Å². The Morgan fingerprint density at radius 3 is 1.08 bits per heavy atom. The molecule has 4 N–H and O–H groups in total. The monoisotopic (exact) mass is 238 g/mol. The van der Waals surface area contributed by atoms with E-state index in [-0.39, 0.29) is 0 Å². The van der Waals surface area contributed by atoms with Gasteiger partial charge in [-0.1, -0.05) is 0 Å². The number of rotatable bonds is 0. The van der Waals surface area contributed by atoms with E-state index in [4.69, 9.17) is 40.9 Å². The molecule has 12 heteroatoms. The van der Waals surface area contributed by atoms with Gasteiger partial charge in [0.25, 0.3) is 0 Å². The minimum absolute atomic E-state index is 1.42. The summed E-state index contributed by atoms with van der Waals surface area (Å²) in [5.41, 5.74) is 0. The zero-order valence-electron chi connectivity index (χ0n) is 5.26. The van der Waals surface area contributed by atoms with Crippen LogP contribution in [0.5, 0.6) is 0 Å². The molecule has 0 bridgehead atoms. The molecule has 0 aromatic carbocycles. The van der Waals surface area contributed by atoms with Gasteiger partial charge in [0.15, 0.2) is 0 Å². The summed E-state index contributed by atoms with van der Waals surface area (Å²) in [5, 5.41) is 0. The van der Waals surface area contributed by atoms with E-state index in [1.807, 2.05) is 0 Å². The van der Waals surface area contributed by atoms with E-state index in [0.29, 0.717) is 0 Å². The fraction of sp³-hybridized carbons (Fsp3) is 0. The summed E-state index contributed by atoms with van der Waals surface area (Å²) in [5.74, 6) is 0. The maximum atomic E-state index is 8.88. The molecule has 0 saturated carbocycles. The molecule has 0 aromatic rings. The summed E-state index contributed by atoms with van der Waals surface area (Å²) in [6, 6.07) is 0. The standard InChI is InChI=1S/Al.H3O4P.H2O4S.H2O/c;2*1-5(2,3)4;/h;(H3,1,2,3,4);(H2,1,2,3,4);1H2/q+3;;;/p-3. The Kier molecular flexibility index (Phi) is 12.3. The van der Waals surface area contributed by atoms with E-state index >= 15 is 0 Å². The third kappa shape index (κ3) is 4210. The zero-order valence-corrected chi connectivity index (χ0v) is 8.13. The Hall–Kier alpha value is 0.472. The first kappa shape index (κ1) is 18.3. The molecule has 0 aliphatic rings. The Morgan fingerprint density at radius 1 is 1.08 bits per heavy atom. The summed E-state index contributed by atoms with van der Waals surface area (Å²) in [7, 11) is -9.81. The van der Waals surface area contributed by atoms with Crippen LogP contribution in [0.25, 0.3) is 0 Å². The van der Waals surface area contributed by atoms with Crippen LogP contribution in [0.2, 0.25) is 0 Å². The van der Waals surface area contributed by atoms with Gasteiger partial charge in [0.05, 0.1) is 0 Å². The van der Waals surface area contributed by atoms with Gasteiger partial charge in [-0.05, 0) is 0 Å². The first-order valence-electron chi connectivity index (χ1n) is 1.71. The normalized spacial score (nSPS) is 10.3. The SMILES string of the molecule is O=P(O)(O)O.O=S(=O)([O-])[O-].[OH][Al+2]. The van der Waals surface area contributed by atoms with Gasteiger partial charge < -0.3 is 23.8 Å². The predicted octanol–water partition coefficient (Wildman–Crippen LogP) is -3.20. The van der Waals surface area contributed by atoms with Gasteiger partial charge in [-0.3, -0.25) is 8.42 Å². The Labute approximate surface area is 76.2 Å². The van der Waals surface area contributed by atoms with E-state index in [0.717, 1.165) is 0 Å². The van der Waals surface area contributed by atoms with Crippen molar-refractivity contribution < 1.29 is 40.9 Å². The molecule has 0 spiro atoms. The molecule has 72 valence electrons. The first-order valence-corrected chi connectivity index (χ1v) is 5.12. The van der Waals surface area contributed by atoms with Crippen LogP contribution in [0.4, 0.5) is 0 Å². The van der Waals surface area contributed by atoms with Crippen LogP contribution in [0.1, 0.15) is 0 Å². The maximum absolute atomic E-state index is 8.88. The number of phosphoric acid groups is 1. The molecule has 0 saturated heterocycles. The van der Waals surface area contributed by atoms with Crippen molar-refractivity contribution in [1.82, 2.24) is 0 Å². The molecule has 0 fully saturated rings. The van der Waals surface area contributed by atoms with Gasteiger partial charge in [0.2, 0.25) is 0 Å². The topological polar surface area (TPSA) is 178 Å². The zero-order chi connectivity index (χ0) is 11.0. The molecule has 0 atom stereocenters. The van der Waals surface area contributed by atoms with Crippen molar-refractivity contribution in [3.8, 4) is 0 Å². The average molecular weight is 238 g/mol. The Bertz CT molecular complexity index is 192. The van der Waals surface area contributed by atoms with E-state index in [1.54, 1.807) is 0 Å². The fourth-order valence-corrected chi connectivity index (χ4v) is 0. The summed E-state index contributed by atoms with van der Waals surface area (Å²) >= 11 is 1.42. The molecule has 12 heavy (non-hydrogen) atoms. The first-order chi connectivity index (χ1) is 5.00. The molecule has 0 unspecified atom stereocenters. The second-order valence-corrected chi connectivity index (χ2v) is 2.76. The van der Waals surface area contributed by atoms with Crippen LogP contribution < -0.4 is 0 Å². The summed E-state index contributed by atoms with van der Waals surface area (Å²) in [6.45, 7) is 0. The Balaban J connectivity index is -0.000000112. The molecular weight excluding hydrogens is 234 g/mol. The van der Waals surface area contributed by atoms with Crippen molar-refractivity contribution in [2.75, 3.05) is 0 Å². The molecule has 0 aromatic heterocycles. The minimum atomic E-state index is -5.17. The van der Waals surface area contributed by atoms with Crippen molar-refractivity contribution in [2.24, 2.45) is 0 Å². The van der Waals surface area contributed by atoms with Crippen LogP contribution in [0.3, 0.4) is 0 Å². The van der Waals surface area contributed by atoms with Gasteiger partial charge in [0.1, 0.15) is 0 Å². The van der Waals surface area contributed by atoms with Gasteiger partial charge in [-0.15, -0.1) is 0 Å². The van der Waals surface area contributed by atoms with Gasteiger partial charge in [-0.2, -0.15) is 0 Å². The van der Waals surface area contributed by atoms with Gasteiger partial charge in [-0.25, -0.2) is 4.57 Å². The fourth-order valence-electron chi connectivity index (χ4n) is 0. The molecule has 9 nitrogen and oxygen atoms in total. The molecule has 0 amide bonds. The molecule has 0 aliphatic carbocycles. The second kappa shape index (κ2) is 8.09. The molecule has 0 radical (unpaired) electrons. The molecule has 0 heterocycles. The number of hydrogen-bond donors (Lipinski definition) is 4. The van der Waals surface area contributed by atoms with Gasteiger partial charge in [0, 0.05) is 10.4 Å². The van der Waals surface area contributed by atoms with Crippen molar-refractivity contribution >= 4 is 34.8 Å². The van der Waals surface area contributed by atoms with E-state index in [1.165, 1.54) is 16.6 Å². The third-order valence-electron chi connectivity index (χ3n) is 0. The summed E-state index contributed by atoms with van der Waals surface area (Å²) in [6.07, 6.45) is 0. The molecule has 0 aliphatic heterocycles. The van der Waals surface area contributed by atoms with E-state index < -0.39 is 18.2 Å². The van der Waals surface area contributed by atoms with Crippen LogP contribution in [0.15, 0.2) is 0 Å².